The molecule has 0 radical (unpaired) electrons. The van der Waals surface area contributed by atoms with E-state index >= 15 is 0 Å². The molecule has 0 atom stereocenters. The molecular weight excluding hydrogens is 346 g/mol. The van der Waals surface area contributed by atoms with E-state index in [9.17, 15) is 4.79 Å². The molecule has 0 aliphatic rings. The van der Waals surface area contributed by atoms with Crippen molar-refractivity contribution in [3.8, 4) is 33.6 Å². The van der Waals surface area contributed by atoms with Gasteiger partial charge in [0.25, 0.3) is 0 Å². The molecule has 0 saturated heterocycles. The molecule has 1 heterocycles. The van der Waals surface area contributed by atoms with Gasteiger partial charge in [-0.15, -0.1) is 0 Å². The van der Waals surface area contributed by atoms with Gasteiger partial charge in [0.2, 0.25) is 0 Å². The van der Waals surface area contributed by atoms with Crippen LogP contribution in [0.3, 0.4) is 0 Å². The van der Waals surface area contributed by atoms with Gasteiger partial charge in [-0.1, -0.05) is 72.3 Å². The highest BCUT2D eigenvalue weighted by Gasteiger charge is 2.10. The Morgan fingerprint density at radius 2 is 1.21 bits per heavy atom. The number of aromatic nitrogens is 1. The Balaban J connectivity index is 1.86. The largest absolute Gasteiger partial charge is 0.478 e. The van der Waals surface area contributed by atoms with Crippen molar-refractivity contribution < 1.29 is 9.90 Å². The first kappa shape index (κ1) is 17.7. The summed E-state index contributed by atoms with van der Waals surface area (Å²) in [6, 6.07) is 29.4. The normalized spacial score (nSPS) is 10.6. The smallest absolute Gasteiger partial charge is 0.335 e. The summed E-state index contributed by atoms with van der Waals surface area (Å²) >= 11 is 0. The van der Waals surface area contributed by atoms with Crippen LogP contribution in [-0.2, 0) is 0 Å². The number of pyridine rings is 1. The van der Waals surface area contributed by atoms with Crippen LogP contribution in [0.1, 0.15) is 15.9 Å². The average Bonchev–Trinajstić information content (AvgIpc) is 2.74. The van der Waals surface area contributed by atoms with Crippen LogP contribution in [0, 0.1) is 6.92 Å². The molecule has 0 aliphatic carbocycles. The molecule has 0 fully saturated rings. The summed E-state index contributed by atoms with van der Waals surface area (Å²) in [6.45, 7) is 2.07. The Kier molecular flexibility index (Phi) is 4.73. The van der Waals surface area contributed by atoms with Gasteiger partial charge >= 0.3 is 5.97 Å². The number of carboxylic acid groups (broad SMARTS) is 1. The van der Waals surface area contributed by atoms with Crippen molar-refractivity contribution in [2.24, 2.45) is 0 Å². The Morgan fingerprint density at radius 3 is 1.79 bits per heavy atom. The summed E-state index contributed by atoms with van der Waals surface area (Å²) in [6.07, 6.45) is 0. The van der Waals surface area contributed by atoms with Gasteiger partial charge in [0, 0.05) is 11.1 Å². The van der Waals surface area contributed by atoms with Gasteiger partial charge < -0.3 is 5.11 Å². The van der Waals surface area contributed by atoms with Gasteiger partial charge in [-0.05, 0) is 42.3 Å². The molecule has 28 heavy (non-hydrogen) atoms. The molecule has 0 spiro atoms. The molecule has 0 saturated carbocycles. The minimum atomic E-state index is -0.933. The lowest BCUT2D eigenvalue weighted by Gasteiger charge is -2.11. The summed E-state index contributed by atoms with van der Waals surface area (Å²) in [5, 5.41) is 9.14. The second-order valence-electron chi connectivity index (χ2n) is 6.74. The molecule has 1 aromatic heterocycles. The minimum Gasteiger partial charge on any atom is -0.478 e. The lowest BCUT2D eigenvalue weighted by Crippen LogP contribution is -1.96. The lowest BCUT2D eigenvalue weighted by molar-refractivity contribution is 0.0697. The van der Waals surface area contributed by atoms with Crippen LogP contribution in [0.4, 0.5) is 0 Å². The highest BCUT2D eigenvalue weighted by molar-refractivity contribution is 5.88. The van der Waals surface area contributed by atoms with E-state index in [1.807, 2.05) is 36.4 Å². The van der Waals surface area contributed by atoms with Crippen LogP contribution in [-0.4, -0.2) is 16.1 Å². The number of aromatic carboxylic acids is 1. The molecule has 136 valence electrons. The van der Waals surface area contributed by atoms with Gasteiger partial charge in [0.05, 0.1) is 17.0 Å². The van der Waals surface area contributed by atoms with Crippen molar-refractivity contribution in [2.75, 3.05) is 0 Å². The number of carbonyl (C=O) groups is 1. The summed E-state index contributed by atoms with van der Waals surface area (Å²) in [5.74, 6) is -0.933. The molecule has 0 aliphatic heterocycles. The third kappa shape index (κ3) is 3.69. The van der Waals surface area contributed by atoms with Gasteiger partial charge in [0.1, 0.15) is 0 Å². The maximum absolute atomic E-state index is 11.1. The van der Waals surface area contributed by atoms with Crippen LogP contribution in [0.25, 0.3) is 33.6 Å². The third-order valence-electron chi connectivity index (χ3n) is 4.71. The van der Waals surface area contributed by atoms with Gasteiger partial charge in [0.15, 0.2) is 0 Å². The summed E-state index contributed by atoms with van der Waals surface area (Å²) < 4.78 is 0. The summed E-state index contributed by atoms with van der Waals surface area (Å²) in [5.41, 5.74) is 7.30. The van der Waals surface area contributed by atoms with Gasteiger partial charge in [-0.2, -0.15) is 0 Å². The molecule has 3 heteroatoms. The topological polar surface area (TPSA) is 50.2 Å². The Morgan fingerprint density at radius 1 is 0.679 bits per heavy atom. The van der Waals surface area contributed by atoms with Crippen molar-refractivity contribution in [1.82, 2.24) is 4.98 Å². The molecule has 0 bridgehead atoms. The van der Waals surface area contributed by atoms with Crippen LogP contribution in [0.2, 0.25) is 0 Å². The van der Waals surface area contributed by atoms with E-state index in [1.165, 1.54) is 5.56 Å². The second-order valence-corrected chi connectivity index (χ2v) is 6.74. The highest BCUT2D eigenvalue weighted by Crippen LogP contribution is 2.30. The fraction of sp³-hybridized carbons (Fsp3) is 0.0400. The van der Waals surface area contributed by atoms with Crippen LogP contribution >= 0.6 is 0 Å². The maximum Gasteiger partial charge on any atom is 0.335 e. The third-order valence-corrected chi connectivity index (χ3v) is 4.71. The quantitative estimate of drug-likeness (QED) is 0.476. The van der Waals surface area contributed by atoms with Gasteiger partial charge in [-0.3, -0.25) is 0 Å². The monoisotopic (exact) mass is 365 g/mol. The van der Waals surface area contributed by atoms with E-state index < -0.39 is 5.97 Å². The van der Waals surface area contributed by atoms with Crippen LogP contribution in [0.5, 0.6) is 0 Å². The molecule has 4 rings (SSSR count). The number of rotatable bonds is 4. The Hall–Kier alpha value is -3.72. The molecule has 0 amide bonds. The van der Waals surface area contributed by atoms with E-state index in [0.29, 0.717) is 0 Å². The second kappa shape index (κ2) is 7.49. The van der Waals surface area contributed by atoms with Crippen molar-refractivity contribution in [2.45, 2.75) is 6.92 Å². The van der Waals surface area contributed by atoms with Crippen LogP contribution < -0.4 is 0 Å². The first-order valence-electron chi connectivity index (χ1n) is 9.08. The van der Waals surface area contributed by atoms with Crippen molar-refractivity contribution >= 4 is 5.97 Å². The molecule has 0 unspecified atom stereocenters. The Bertz CT molecular complexity index is 1120. The van der Waals surface area contributed by atoms with Gasteiger partial charge in [-0.25, -0.2) is 9.78 Å². The van der Waals surface area contributed by atoms with Crippen LogP contribution in [0.15, 0.2) is 91.0 Å². The maximum atomic E-state index is 11.1. The van der Waals surface area contributed by atoms with E-state index in [0.717, 1.165) is 33.6 Å². The minimum absolute atomic E-state index is 0.265. The SMILES string of the molecule is Cc1ccc(-c2cc(-c3ccccc3)nc(-c3ccc(C(=O)O)cc3)c2)cc1. The lowest BCUT2D eigenvalue weighted by atomic mass is 9.99. The Labute approximate surface area is 164 Å². The molecule has 3 aromatic carbocycles. The summed E-state index contributed by atoms with van der Waals surface area (Å²) in [4.78, 5) is 16.0. The predicted octanol–water partition coefficient (Wildman–Crippen LogP) is 6.09. The molecule has 3 nitrogen and oxygen atoms in total. The summed E-state index contributed by atoms with van der Waals surface area (Å²) in [7, 11) is 0. The average molecular weight is 365 g/mol. The molecule has 1 N–H and O–H groups in total. The zero-order valence-corrected chi connectivity index (χ0v) is 15.5. The van der Waals surface area contributed by atoms with E-state index in [4.69, 9.17) is 10.1 Å². The fourth-order valence-corrected chi connectivity index (χ4v) is 3.13. The molecular formula is C25H19NO2. The standard InChI is InChI=1S/C25H19NO2/c1-17-7-9-18(10-8-17)22-15-23(19-5-3-2-4-6-19)26-24(16-22)20-11-13-21(14-12-20)25(27)28/h2-16H,1H3,(H,27,28). The predicted molar refractivity (Wildman–Crippen MR) is 112 cm³/mol. The first-order valence-corrected chi connectivity index (χ1v) is 9.08. The first-order chi connectivity index (χ1) is 13.6. The number of aryl methyl sites for hydroxylation is 1. The highest BCUT2D eigenvalue weighted by atomic mass is 16.4. The van der Waals surface area contributed by atoms with E-state index in [2.05, 4.69) is 37.3 Å². The fourth-order valence-electron chi connectivity index (χ4n) is 3.13. The molecule has 4 aromatic rings. The zero-order chi connectivity index (χ0) is 19.5. The van der Waals surface area contributed by atoms with E-state index in [-0.39, 0.29) is 5.56 Å². The van der Waals surface area contributed by atoms with Crippen molar-refractivity contribution in [3.05, 3.63) is 102 Å². The van der Waals surface area contributed by atoms with Crippen molar-refractivity contribution in [1.29, 1.82) is 0 Å². The number of carboxylic acids is 1. The number of nitrogens with zero attached hydrogens (tertiary/aromatic N) is 1. The zero-order valence-electron chi connectivity index (χ0n) is 15.5. The number of hydrogen-bond acceptors (Lipinski definition) is 2. The number of benzene rings is 3. The van der Waals surface area contributed by atoms with Crippen molar-refractivity contribution in [3.63, 3.8) is 0 Å². The number of hydrogen-bond donors (Lipinski definition) is 1. The van der Waals surface area contributed by atoms with E-state index in [1.54, 1.807) is 24.3 Å².